The Morgan fingerprint density at radius 1 is 1.00 bits per heavy atom. The molecule has 0 radical (unpaired) electrons. The van der Waals surface area contributed by atoms with E-state index in [1.165, 1.54) is 0 Å². The molecule has 3 atom stereocenters. The smallest absolute Gasteiger partial charge is 0.261 e. The van der Waals surface area contributed by atoms with Gasteiger partial charge in [0, 0.05) is 16.6 Å². The molecule has 0 saturated carbocycles. The standard InChI is InChI=1S/C27H27ClN2O4S/c1-16-13-18(28)8-10-23(16)30-35(31,32)19-9-11-24-22(15-19)20-5-4-6-21(20)27(29-24)17-7-12-25(33-2)26(14-17)34-3/h4-5,7-15,20-21,27,29-30H,6H2,1-3H3/t20-,21+,27+/m0/s1. The molecule has 0 amide bonds. The summed E-state index contributed by atoms with van der Waals surface area (Å²) in [7, 11) is -0.514. The van der Waals surface area contributed by atoms with Crippen LogP contribution in [0.25, 0.3) is 0 Å². The van der Waals surface area contributed by atoms with Crippen LogP contribution in [0.4, 0.5) is 11.4 Å². The molecule has 1 aliphatic carbocycles. The number of hydrogen-bond acceptors (Lipinski definition) is 5. The summed E-state index contributed by atoms with van der Waals surface area (Å²) in [5.41, 5.74) is 4.29. The molecule has 0 unspecified atom stereocenters. The first-order valence-corrected chi connectivity index (χ1v) is 13.2. The zero-order valence-electron chi connectivity index (χ0n) is 19.7. The zero-order chi connectivity index (χ0) is 24.7. The number of aryl methyl sites for hydroxylation is 1. The van der Waals surface area contributed by atoms with E-state index in [2.05, 4.69) is 28.3 Å². The Morgan fingerprint density at radius 3 is 2.54 bits per heavy atom. The summed E-state index contributed by atoms with van der Waals surface area (Å²) in [5.74, 6) is 1.73. The van der Waals surface area contributed by atoms with Crippen LogP contribution in [0.1, 0.15) is 35.1 Å². The van der Waals surface area contributed by atoms with Gasteiger partial charge in [-0.2, -0.15) is 0 Å². The molecule has 5 rings (SSSR count). The van der Waals surface area contributed by atoms with Gasteiger partial charge in [-0.15, -0.1) is 0 Å². The Balaban J connectivity index is 1.48. The molecule has 0 fully saturated rings. The maximum absolute atomic E-state index is 13.2. The predicted octanol–water partition coefficient (Wildman–Crippen LogP) is 6.29. The van der Waals surface area contributed by atoms with E-state index in [9.17, 15) is 8.42 Å². The van der Waals surface area contributed by atoms with Gasteiger partial charge in [-0.25, -0.2) is 8.42 Å². The van der Waals surface area contributed by atoms with Crippen LogP contribution in [0.3, 0.4) is 0 Å². The first-order valence-electron chi connectivity index (χ1n) is 11.4. The molecular formula is C27H27ClN2O4S. The number of anilines is 2. The Morgan fingerprint density at radius 2 is 1.80 bits per heavy atom. The number of methoxy groups -OCH3 is 2. The minimum atomic E-state index is -3.77. The Labute approximate surface area is 211 Å². The van der Waals surface area contributed by atoms with Gasteiger partial charge in [-0.3, -0.25) is 4.72 Å². The van der Waals surface area contributed by atoms with Gasteiger partial charge in [0.25, 0.3) is 10.0 Å². The summed E-state index contributed by atoms with van der Waals surface area (Å²) in [6, 6.07) is 16.4. The van der Waals surface area contributed by atoms with Crippen LogP contribution in [0, 0.1) is 12.8 Å². The maximum Gasteiger partial charge on any atom is 0.261 e. The van der Waals surface area contributed by atoms with E-state index in [0.29, 0.717) is 22.2 Å². The van der Waals surface area contributed by atoms with Crippen molar-refractivity contribution < 1.29 is 17.9 Å². The van der Waals surface area contributed by atoms with Crippen molar-refractivity contribution in [2.75, 3.05) is 24.3 Å². The molecule has 0 saturated heterocycles. The second-order valence-corrected chi connectivity index (χ2v) is 11.0. The number of sulfonamides is 1. The van der Waals surface area contributed by atoms with Crippen molar-refractivity contribution in [2.45, 2.75) is 30.2 Å². The number of fused-ring (bicyclic) bond motifs is 3. The Kier molecular flexibility index (Phi) is 6.15. The molecule has 3 aromatic carbocycles. The second-order valence-electron chi connectivity index (χ2n) is 8.90. The quantitative estimate of drug-likeness (QED) is 0.381. The topological polar surface area (TPSA) is 76.7 Å². The lowest BCUT2D eigenvalue weighted by molar-refractivity contribution is 0.353. The highest BCUT2D eigenvalue weighted by Crippen LogP contribution is 2.51. The summed E-state index contributed by atoms with van der Waals surface area (Å²) in [4.78, 5) is 0.232. The van der Waals surface area contributed by atoms with Crippen molar-refractivity contribution in [3.8, 4) is 11.5 Å². The average molecular weight is 511 g/mol. The number of halogens is 1. The third-order valence-corrected chi connectivity index (χ3v) is 8.44. The molecule has 3 aromatic rings. The normalized spacial score (nSPS) is 20.5. The van der Waals surface area contributed by atoms with Crippen LogP contribution in [-0.4, -0.2) is 22.6 Å². The van der Waals surface area contributed by atoms with Gasteiger partial charge >= 0.3 is 0 Å². The minimum absolute atomic E-state index is 0.0552. The molecule has 0 aromatic heterocycles. The lowest BCUT2D eigenvalue weighted by Gasteiger charge is -2.38. The highest BCUT2D eigenvalue weighted by Gasteiger charge is 2.38. The molecule has 6 nitrogen and oxygen atoms in total. The van der Waals surface area contributed by atoms with E-state index in [1.807, 2.05) is 25.1 Å². The second kappa shape index (κ2) is 9.13. The fourth-order valence-electron chi connectivity index (χ4n) is 5.06. The van der Waals surface area contributed by atoms with Gasteiger partial charge in [0.05, 0.1) is 30.8 Å². The fourth-order valence-corrected chi connectivity index (χ4v) is 6.45. The van der Waals surface area contributed by atoms with E-state index >= 15 is 0 Å². The van der Waals surface area contributed by atoms with E-state index in [1.54, 1.807) is 44.6 Å². The van der Waals surface area contributed by atoms with Gasteiger partial charge in [0.2, 0.25) is 0 Å². The summed E-state index contributed by atoms with van der Waals surface area (Å²) in [6.07, 6.45) is 5.26. The van der Waals surface area contributed by atoms with E-state index in [4.69, 9.17) is 21.1 Å². The lowest BCUT2D eigenvalue weighted by atomic mass is 9.77. The maximum atomic E-state index is 13.2. The summed E-state index contributed by atoms with van der Waals surface area (Å²) >= 11 is 6.02. The molecule has 1 heterocycles. The van der Waals surface area contributed by atoms with Crippen molar-refractivity contribution >= 4 is 33.0 Å². The van der Waals surface area contributed by atoms with Gasteiger partial charge in [0.15, 0.2) is 11.5 Å². The number of nitrogens with one attached hydrogen (secondary N) is 2. The number of benzene rings is 3. The van der Waals surface area contributed by atoms with Crippen LogP contribution in [-0.2, 0) is 10.0 Å². The van der Waals surface area contributed by atoms with Crippen LogP contribution < -0.4 is 19.5 Å². The summed E-state index contributed by atoms with van der Waals surface area (Å²) in [5, 5.41) is 4.21. The van der Waals surface area contributed by atoms with Crippen LogP contribution >= 0.6 is 11.6 Å². The predicted molar refractivity (Wildman–Crippen MR) is 139 cm³/mol. The van der Waals surface area contributed by atoms with Crippen molar-refractivity contribution in [2.24, 2.45) is 5.92 Å². The average Bonchev–Trinajstić information content (AvgIpc) is 3.35. The molecule has 0 spiro atoms. The number of hydrogen-bond donors (Lipinski definition) is 2. The molecule has 35 heavy (non-hydrogen) atoms. The van der Waals surface area contributed by atoms with Gasteiger partial charge < -0.3 is 14.8 Å². The minimum Gasteiger partial charge on any atom is -0.493 e. The Hall–Kier alpha value is -3.16. The zero-order valence-corrected chi connectivity index (χ0v) is 21.3. The number of allylic oxidation sites excluding steroid dienone is 2. The molecule has 182 valence electrons. The molecule has 1 aliphatic heterocycles. The monoisotopic (exact) mass is 510 g/mol. The highest BCUT2D eigenvalue weighted by atomic mass is 35.5. The number of ether oxygens (including phenoxy) is 2. The number of rotatable bonds is 6. The molecule has 0 bridgehead atoms. The van der Waals surface area contributed by atoms with Gasteiger partial charge in [-0.05, 0) is 84.5 Å². The van der Waals surface area contributed by atoms with Crippen molar-refractivity contribution in [1.82, 2.24) is 0 Å². The van der Waals surface area contributed by atoms with Crippen molar-refractivity contribution in [1.29, 1.82) is 0 Å². The van der Waals surface area contributed by atoms with Crippen LogP contribution in [0.5, 0.6) is 11.5 Å². The fraction of sp³-hybridized carbons (Fsp3) is 0.259. The third kappa shape index (κ3) is 4.34. The van der Waals surface area contributed by atoms with E-state index in [0.717, 1.165) is 28.8 Å². The lowest BCUT2D eigenvalue weighted by Crippen LogP contribution is -2.29. The van der Waals surface area contributed by atoms with E-state index in [-0.39, 0.29) is 22.8 Å². The molecule has 2 aliphatic rings. The first-order chi connectivity index (χ1) is 16.8. The summed E-state index contributed by atoms with van der Waals surface area (Å²) in [6.45, 7) is 1.82. The van der Waals surface area contributed by atoms with Crippen molar-refractivity contribution in [3.05, 3.63) is 88.5 Å². The summed E-state index contributed by atoms with van der Waals surface area (Å²) < 4.78 is 40.1. The largest absolute Gasteiger partial charge is 0.493 e. The molecule has 8 heteroatoms. The van der Waals surface area contributed by atoms with Crippen LogP contribution in [0.2, 0.25) is 5.02 Å². The van der Waals surface area contributed by atoms with Gasteiger partial charge in [0.1, 0.15) is 0 Å². The van der Waals surface area contributed by atoms with Crippen LogP contribution in [0.15, 0.2) is 71.6 Å². The first kappa shape index (κ1) is 23.6. The Bertz CT molecular complexity index is 1420. The van der Waals surface area contributed by atoms with E-state index < -0.39 is 10.0 Å². The molecular weight excluding hydrogens is 484 g/mol. The van der Waals surface area contributed by atoms with Gasteiger partial charge in [-0.1, -0.05) is 29.8 Å². The molecule has 2 N–H and O–H groups in total. The van der Waals surface area contributed by atoms with Crippen molar-refractivity contribution in [3.63, 3.8) is 0 Å². The third-order valence-electron chi connectivity index (χ3n) is 6.84. The highest BCUT2D eigenvalue weighted by molar-refractivity contribution is 7.92. The SMILES string of the molecule is COc1ccc([C@H]2Nc3ccc(S(=O)(=O)Nc4ccc(Cl)cc4C)cc3[C@H]3C=CC[C@H]32)cc1OC.